The summed E-state index contributed by atoms with van der Waals surface area (Å²) in [4.78, 5) is 14.8. The van der Waals surface area contributed by atoms with Gasteiger partial charge in [0.15, 0.2) is 0 Å². The van der Waals surface area contributed by atoms with Crippen LogP contribution in [0.15, 0.2) is 12.3 Å². The highest BCUT2D eigenvalue weighted by molar-refractivity contribution is 7.99. The number of nitrogens with two attached hydrogens (primary N) is 1. The maximum Gasteiger partial charge on any atom is 0.337 e. The van der Waals surface area contributed by atoms with E-state index in [0.717, 1.165) is 12.2 Å². The molecule has 6 heteroatoms. The van der Waals surface area contributed by atoms with Gasteiger partial charge in [0.2, 0.25) is 0 Å². The molecule has 0 bridgehead atoms. The van der Waals surface area contributed by atoms with Gasteiger partial charge in [-0.3, -0.25) is 0 Å². The van der Waals surface area contributed by atoms with E-state index in [1.165, 1.54) is 24.4 Å². The number of aromatic nitrogens is 1. The minimum absolute atomic E-state index is 0.117. The summed E-state index contributed by atoms with van der Waals surface area (Å²) in [6, 6.07) is 1.81. The molecule has 1 fully saturated rings. The van der Waals surface area contributed by atoms with E-state index in [1.54, 1.807) is 0 Å². The quantitative estimate of drug-likeness (QED) is 0.759. The first-order valence-electron chi connectivity index (χ1n) is 5.50. The van der Waals surface area contributed by atoms with Crippen LogP contribution in [0.2, 0.25) is 0 Å². The van der Waals surface area contributed by atoms with Crippen molar-refractivity contribution >= 4 is 29.2 Å². The molecule has 1 aliphatic heterocycles. The number of carboxylic acids is 1. The number of nitrogen functional groups attached to an aromatic ring is 1. The minimum atomic E-state index is -1.01. The average Bonchev–Trinajstić information content (AvgIpc) is 2.33. The van der Waals surface area contributed by atoms with Crippen molar-refractivity contribution in [3.63, 3.8) is 0 Å². The Kier molecular flexibility index (Phi) is 3.73. The lowest BCUT2D eigenvalue weighted by Gasteiger charge is -2.23. The van der Waals surface area contributed by atoms with Crippen LogP contribution in [-0.4, -0.2) is 33.6 Å². The second-order valence-corrected chi connectivity index (χ2v) is 5.18. The van der Waals surface area contributed by atoms with Crippen LogP contribution in [0.3, 0.4) is 0 Å². The summed E-state index contributed by atoms with van der Waals surface area (Å²) < 4.78 is 0. The number of thioether (sulfide) groups is 1. The van der Waals surface area contributed by atoms with Gasteiger partial charge in [-0.25, -0.2) is 9.78 Å². The molecule has 0 radical (unpaired) electrons. The third-order valence-corrected chi connectivity index (χ3v) is 3.88. The van der Waals surface area contributed by atoms with Crippen molar-refractivity contribution in [2.75, 3.05) is 22.6 Å². The zero-order valence-corrected chi connectivity index (χ0v) is 10.2. The summed E-state index contributed by atoms with van der Waals surface area (Å²) in [5.41, 5.74) is 6.29. The van der Waals surface area contributed by atoms with E-state index in [4.69, 9.17) is 10.8 Å². The Hall–Kier alpha value is -1.43. The monoisotopic (exact) mass is 253 g/mol. The van der Waals surface area contributed by atoms with Crippen molar-refractivity contribution in [3.8, 4) is 0 Å². The maximum absolute atomic E-state index is 10.7. The average molecular weight is 253 g/mol. The fourth-order valence-corrected chi connectivity index (χ4v) is 2.84. The van der Waals surface area contributed by atoms with E-state index in [-0.39, 0.29) is 5.56 Å². The zero-order chi connectivity index (χ0) is 12.3. The van der Waals surface area contributed by atoms with Crippen LogP contribution in [0.5, 0.6) is 0 Å². The Morgan fingerprint density at radius 1 is 1.65 bits per heavy atom. The van der Waals surface area contributed by atoms with Crippen LogP contribution in [0.25, 0.3) is 0 Å². The SMILES string of the molecule is Nc1cc(C(=O)O)cnc1NC1CCCSC1. The zero-order valence-electron chi connectivity index (χ0n) is 9.35. The van der Waals surface area contributed by atoms with Crippen molar-refractivity contribution in [1.29, 1.82) is 0 Å². The molecule has 1 unspecified atom stereocenters. The van der Waals surface area contributed by atoms with E-state index in [2.05, 4.69) is 10.3 Å². The molecule has 1 aromatic rings. The number of anilines is 2. The van der Waals surface area contributed by atoms with Gasteiger partial charge in [0, 0.05) is 18.0 Å². The molecule has 1 aliphatic rings. The number of carbonyl (C=O) groups is 1. The molecule has 0 amide bonds. The molecule has 17 heavy (non-hydrogen) atoms. The van der Waals surface area contributed by atoms with Gasteiger partial charge >= 0.3 is 5.97 Å². The summed E-state index contributed by atoms with van der Waals surface area (Å²) in [6.07, 6.45) is 3.63. The van der Waals surface area contributed by atoms with Crippen LogP contribution >= 0.6 is 11.8 Å². The van der Waals surface area contributed by atoms with Gasteiger partial charge in [0.05, 0.1) is 11.3 Å². The fraction of sp³-hybridized carbons (Fsp3) is 0.455. The first kappa shape index (κ1) is 12.0. The third kappa shape index (κ3) is 3.03. The van der Waals surface area contributed by atoms with Crippen LogP contribution < -0.4 is 11.1 Å². The molecule has 0 spiro atoms. The number of aromatic carboxylic acids is 1. The second-order valence-electron chi connectivity index (χ2n) is 4.03. The lowest BCUT2D eigenvalue weighted by molar-refractivity contribution is 0.0696. The van der Waals surface area contributed by atoms with Crippen LogP contribution in [0, 0.1) is 0 Å². The van der Waals surface area contributed by atoms with Gasteiger partial charge in [-0.15, -0.1) is 0 Å². The van der Waals surface area contributed by atoms with Gasteiger partial charge in [-0.05, 0) is 24.7 Å². The number of hydrogen-bond donors (Lipinski definition) is 3. The molecule has 0 aliphatic carbocycles. The first-order valence-corrected chi connectivity index (χ1v) is 6.65. The van der Waals surface area contributed by atoms with E-state index in [9.17, 15) is 4.79 Å². The summed E-state index contributed by atoms with van der Waals surface area (Å²) >= 11 is 1.91. The predicted octanol–water partition coefficient (Wildman–Crippen LogP) is 1.67. The molecule has 2 rings (SSSR count). The maximum atomic E-state index is 10.7. The molecule has 5 nitrogen and oxygen atoms in total. The van der Waals surface area contributed by atoms with Gasteiger partial charge in [0.1, 0.15) is 5.82 Å². The van der Waals surface area contributed by atoms with Crippen LogP contribution in [0.4, 0.5) is 11.5 Å². The molecular formula is C11H15N3O2S. The Bertz CT molecular complexity index is 419. The lowest BCUT2D eigenvalue weighted by atomic mass is 10.2. The fourth-order valence-electron chi connectivity index (χ4n) is 1.77. The molecular weight excluding hydrogens is 238 g/mol. The Balaban J connectivity index is 2.08. The third-order valence-electron chi connectivity index (χ3n) is 2.67. The molecule has 1 atom stereocenters. The van der Waals surface area contributed by atoms with Crippen molar-refractivity contribution in [2.24, 2.45) is 0 Å². The van der Waals surface area contributed by atoms with Crippen molar-refractivity contribution in [1.82, 2.24) is 4.98 Å². The molecule has 4 N–H and O–H groups in total. The van der Waals surface area contributed by atoms with Gasteiger partial charge < -0.3 is 16.2 Å². The summed E-state index contributed by atoms with van der Waals surface area (Å²) in [7, 11) is 0. The predicted molar refractivity (Wildman–Crippen MR) is 69.6 cm³/mol. The van der Waals surface area contributed by atoms with Gasteiger partial charge in [0.25, 0.3) is 0 Å². The van der Waals surface area contributed by atoms with Crippen molar-refractivity contribution < 1.29 is 9.90 Å². The molecule has 0 saturated carbocycles. The number of pyridine rings is 1. The molecule has 92 valence electrons. The second kappa shape index (κ2) is 5.27. The highest BCUT2D eigenvalue weighted by Gasteiger charge is 2.15. The van der Waals surface area contributed by atoms with Crippen LogP contribution in [0.1, 0.15) is 23.2 Å². The normalized spacial score (nSPS) is 19.9. The Morgan fingerprint density at radius 2 is 2.47 bits per heavy atom. The highest BCUT2D eigenvalue weighted by Crippen LogP contribution is 2.23. The lowest BCUT2D eigenvalue weighted by Crippen LogP contribution is -2.26. The number of carboxylic acid groups (broad SMARTS) is 1. The smallest absolute Gasteiger partial charge is 0.337 e. The van der Waals surface area contributed by atoms with Crippen molar-refractivity contribution in [2.45, 2.75) is 18.9 Å². The Labute approximate surface area is 104 Å². The van der Waals surface area contributed by atoms with E-state index in [1.807, 2.05) is 11.8 Å². The summed E-state index contributed by atoms with van der Waals surface area (Å²) in [5.74, 6) is 1.83. The van der Waals surface area contributed by atoms with E-state index in [0.29, 0.717) is 17.5 Å². The molecule has 1 saturated heterocycles. The van der Waals surface area contributed by atoms with Crippen molar-refractivity contribution in [3.05, 3.63) is 17.8 Å². The van der Waals surface area contributed by atoms with E-state index < -0.39 is 5.97 Å². The highest BCUT2D eigenvalue weighted by atomic mass is 32.2. The van der Waals surface area contributed by atoms with Gasteiger partial charge in [-0.1, -0.05) is 0 Å². The molecule has 2 heterocycles. The molecule has 0 aromatic carbocycles. The number of nitrogens with zero attached hydrogens (tertiary/aromatic N) is 1. The van der Waals surface area contributed by atoms with Gasteiger partial charge in [-0.2, -0.15) is 11.8 Å². The van der Waals surface area contributed by atoms with Crippen LogP contribution in [-0.2, 0) is 0 Å². The number of rotatable bonds is 3. The summed E-state index contributed by atoms with van der Waals surface area (Å²) in [6.45, 7) is 0. The number of nitrogens with one attached hydrogen (secondary N) is 1. The first-order chi connectivity index (χ1) is 8.16. The molecule has 1 aromatic heterocycles. The minimum Gasteiger partial charge on any atom is -0.478 e. The van der Waals surface area contributed by atoms with E-state index >= 15 is 0 Å². The largest absolute Gasteiger partial charge is 0.478 e. The topological polar surface area (TPSA) is 88.2 Å². The summed E-state index contributed by atoms with van der Waals surface area (Å²) in [5, 5.41) is 12.1. The number of hydrogen-bond acceptors (Lipinski definition) is 5. The standard InChI is InChI=1S/C11H15N3O2S/c12-9-4-7(11(15)16)5-13-10(9)14-8-2-1-3-17-6-8/h4-5,8H,1-3,6,12H2,(H,13,14)(H,15,16). The Morgan fingerprint density at radius 3 is 3.06 bits per heavy atom.